The molecule has 0 aliphatic carbocycles. The smallest absolute Gasteiger partial charge is 0.00545 e. The van der Waals surface area contributed by atoms with Crippen molar-refractivity contribution in [1.82, 2.24) is 0 Å². The van der Waals surface area contributed by atoms with E-state index in [9.17, 15) is 0 Å². The molecule has 0 aromatic heterocycles. The van der Waals surface area contributed by atoms with E-state index in [1.165, 1.54) is 0 Å². The van der Waals surface area contributed by atoms with Crippen LogP contribution in [0.5, 0.6) is 0 Å². The van der Waals surface area contributed by atoms with Gasteiger partial charge in [0.1, 0.15) is 0 Å². The minimum atomic E-state index is 1.12. The summed E-state index contributed by atoms with van der Waals surface area (Å²) in [4.78, 5) is 0. The predicted molar refractivity (Wildman–Crippen MR) is 173 cm³/mol. The Morgan fingerprint density at radius 3 is 0.447 bits per heavy atom. The molecule has 0 fully saturated rings. The summed E-state index contributed by atoms with van der Waals surface area (Å²) in [6.45, 7) is 23.9. The Morgan fingerprint density at radius 2 is 0.316 bits per heavy atom. The molecule has 0 amide bonds. The second-order valence-electron chi connectivity index (χ2n) is 11.3. The molecule has 0 radical (unpaired) electrons. The summed E-state index contributed by atoms with van der Waals surface area (Å²) < 4.78 is 0. The molecule has 5 aromatic carbocycles. The second kappa shape index (κ2) is 10.3. The Balaban J connectivity index is 2.13. The van der Waals surface area contributed by atoms with E-state index in [4.69, 9.17) is 0 Å². The van der Waals surface area contributed by atoms with E-state index < -0.39 is 0 Å². The van der Waals surface area contributed by atoms with Crippen LogP contribution in [0.4, 0.5) is 0 Å². The Morgan fingerprint density at radius 1 is 0.184 bits per heavy atom. The van der Waals surface area contributed by atoms with Crippen molar-refractivity contribution in [3.8, 4) is 0 Å². The highest BCUT2D eigenvalue weighted by atomic mass is 14.4. The van der Waals surface area contributed by atoms with Crippen LogP contribution in [0.3, 0.4) is 0 Å². The molecular formula is C38H50. The number of fused-ring (bicyclic) bond motifs is 8. The maximum absolute atomic E-state index is 2.42. The number of benzene rings is 3. The molecule has 0 N–H and O–H groups in total. The molecule has 0 unspecified atom stereocenters. The van der Waals surface area contributed by atoms with Crippen LogP contribution in [0.25, 0.3) is 43.1 Å². The quantitative estimate of drug-likeness (QED) is 0.177. The summed E-state index contributed by atoms with van der Waals surface area (Å²) in [6.07, 6.45) is 11.4. The average molecular weight is 507 g/mol. The SMILES string of the molecule is CCc1c(CC)c(CC)c2c(c1CC)c1c(CC)c3c4c(CC)c(CC)c(CC)c(CC)c4c3c(CC)c21. The normalized spacial score (nSPS) is 12.5. The molecule has 0 atom stereocenters. The first kappa shape index (κ1) is 27.2. The molecular weight excluding hydrogens is 456 g/mol. The number of hydrogen-bond donors (Lipinski definition) is 0. The maximum Gasteiger partial charge on any atom is -0.00545 e. The zero-order valence-electron chi connectivity index (χ0n) is 26.1. The zero-order valence-corrected chi connectivity index (χ0v) is 26.1. The number of rotatable bonds is 10. The topological polar surface area (TPSA) is 0 Å². The summed E-state index contributed by atoms with van der Waals surface area (Å²) in [5.41, 5.74) is 16.5. The fraction of sp³-hybridized carbons (Fsp3) is 0.526. The van der Waals surface area contributed by atoms with Gasteiger partial charge in [0.25, 0.3) is 0 Å². The highest BCUT2D eigenvalue weighted by Crippen LogP contribution is 2.55. The Kier molecular flexibility index (Phi) is 7.40. The third-order valence-electron chi connectivity index (χ3n) is 10.1. The lowest BCUT2D eigenvalue weighted by atomic mass is 9.70. The van der Waals surface area contributed by atoms with Crippen LogP contribution < -0.4 is 0 Å². The van der Waals surface area contributed by atoms with E-state index in [0.29, 0.717) is 0 Å². The molecule has 0 spiro atoms. The third-order valence-corrected chi connectivity index (χ3v) is 10.1. The lowest BCUT2D eigenvalue weighted by Crippen LogP contribution is -2.13. The summed E-state index contributed by atoms with van der Waals surface area (Å²) in [5.74, 6) is 0. The Bertz CT molecular complexity index is 1400. The molecule has 5 aromatic rings. The van der Waals surface area contributed by atoms with Crippen LogP contribution in [0.1, 0.15) is 125 Å². The van der Waals surface area contributed by atoms with E-state index in [-0.39, 0.29) is 0 Å². The standard InChI is InChI=1S/C38H50/c1-11-21-22(12-2)26(16-6)32-31(25(21)15-5)35-29(19-9)37-33-27(17-7)23(13-3)24(14-4)28(18-8)34(33)38(37)30(20-10)36(32)35/h11-20H2,1-10H3. The summed E-state index contributed by atoms with van der Waals surface area (Å²) >= 11 is 0. The van der Waals surface area contributed by atoms with Gasteiger partial charge in [-0.05, 0) is 163 Å². The molecule has 0 nitrogen and oxygen atoms in total. The predicted octanol–water partition coefficient (Wildman–Crippen LogP) is 10.8. The first-order valence-corrected chi connectivity index (χ1v) is 16.1. The zero-order chi connectivity index (χ0) is 27.5. The largest absolute Gasteiger partial charge is 0.0613 e. The van der Waals surface area contributed by atoms with Gasteiger partial charge in [-0.1, -0.05) is 69.2 Å². The lowest BCUT2D eigenvalue weighted by molar-refractivity contribution is 0.959. The van der Waals surface area contributed by atoms with Crippen molar-refractivity contribution in [3.63, 3.8) is 0 Å². The Labute approximate surface area is 231 Å². The first-order valence-electron chi connectivity index (χ1n) is 16.1. The summed E-state index contributed by atoms with van der Waals surface area (Å²) in [6, 6.07) is 0. The van der Waals surface area contributed by atoms with Crippen LogP contribution in [0, 0.1) is 0 Å². The lowest BCUT2D eigenvalue weighted by Gasteiger charge is -2.33. The van der Waals surface area contributed by atoms with Crippen molar-refractivity contribution in [2.45, 2.75) is 133 Å². The van der Waals surface area contributed by atoms with Gasteiger partial charge in [-0.2, -0.15) is 0 Å². The number of aryl methyl sites for hydroxylation is 6. The van der Waals surface area contributed by atoms with Gasteiger partial charge in [0, 0.05) is 0 Å². The van der Waals surface area contributed by atoms with Gasteiger partial charge < -0.3 is 0 Å². The van der Waals surface area contributed by atoms with Gasteiger partial charge in [0.15, 0.2) is 0 Å². The van der Waals surface area contributed by atoms with Crippen LogP contribution in [-0.4, -0.2) is 0 Å². The summed E-state index contributed by atoms with van der Waals surface area (Å²) in [7, 11) is 0. The summed E-state index contributed by atoms with van der Waals surface area (Å²) in [5, 5.41) is 13.2. The van der Waals surface area contributed by atoms with Crippen molar-refractivity contribution in [2.24, 2.45) is 0 Å². The fourth-order valence-electron chi connectivity index (χ4n) is 8.85. The molecule has 0 aliphatic rings. The van der Waals surface area contributed by atoms with Crippen molar-refractivity contribution in [3.05, 3.63) is 55.6 Å². The molecule has 0 aliphatic heterocycles. The van der Waals surface area contributed by atoms with E-state index >= 15 is 0 Å². The van der Waals surface area contributed by atoms with Crippen molar-refractivity contribution >= 4 is 43.1 Å². The van der Waals surface area contributed by atoms with Crippen LogP contribution in [0.2, 0.25) is 0 Å². The number of hydrogen-bond acceptors (Lipinski definition) is 0. The molecule has 0 saturated carbocycles. The van der Waals surface area contributed by atoms with Gasteiger partial charge in [0.05, 0.1) is 0 Å². The molecule has 0 bridgehead atoms. The molecule has 0 saturated heterocycles. The van der Waals surface area contributed by atoms with Crippen LogP contribution in [-0.2, 0) is 64.2 Å². The van der Waals surface area contributed by atoms with Crippen LogP contribution in [0.15, 0.2) is 0 Å². The molecule has 0 heteroatoms. The molecule has 38 heavy (non-hydrogen) atoms. The monoisotopic (exact) mass is 506 g/mol. The van der Waals surface area contributed by atoms with E-state index in [1.54, 1.807) is 98.7 Å². The highest BCUT2D eigenvalue weighted by Gasteiger charge is 2.32. The minimum absolute atomic E-state index is 1.12. The van der Waals surface area contributed by atoms with Gasteiger partial charge >= 0.3 is 0 Å². The van der Waals surface area contributed by atoms with Gasteiger partial charge in [-0.3, -0.25) is 0 Å². The molecule has 0 heterocycles. The van der Waals surface area contributed by atoms with E-state index in [0.717, 1.165) is 64.2 Å². The fourth-order valence-corrected chi connectivity index (χ4v) is 8.85. The van der Waals surface area contributed by atoms with Crippen molar-refractivity contribution < 1.29 is 0 Å². The van der Waals surface area contributed by atoms with Crippen molar-refractivity contribution in [1.29, 1.82) is 0 Å². The molecule has 202 valence electrons. The van der Waals surface area contributed by atoms with Gasteiger partial charge in [-0.15, -0.1) is 0 Å². The second-order valence-corrected chi connectivity index (χ2v) is 11.3. The third kappa shape index (κ3) is 3.22. The Hall–Kier alpha value is -2.34. The van der Waals surface area contributed by atoms with Gasteiger partial charge in [-0.25, -0.2) is 0 Å². The van der Waals surface area contributed by atoms with E-state index in [2.05, 4.69) is 69.2 Å². The maximum atomic E-state index is 2.42. The van der Waals surface area contributed by atoms with Crippen LogP contribution >= 0.6 is 0 Å². The minimum Gasteiger partial charge on any atom is -0.0613 e. The molecule has 5 rings (SSSR count). The average Bonchev–Trinajstić information content (AvgIpc) is 2.94. The van der Waals surface area contributed by atoms with E-state index in [1.807, 2.05) is 0 Å². The highest BCUT2D eigenvalue weighted by molar-refractivity contribution is 6.40. The first-order chi connectivity index (χ1) is 18.5. The van der Waals surface area contributed by atoms with Gasteiger partial charge in [0.2, 0.25) is 0 Å². The van der Waals surface area contributed by atoms with Crippen molar-refractivity contribution in [2.75, 3.05) is 0 Å².